The molecule has 0 unspecified atom stereocenters. The molecule has 0 radical (unpaired) electrons. The van der Waals surface area contributed by atoms with Crippen molar-refractivity contribution >= 4 is 5.91 Å². The summed E-state index contributed by atoms with van der Waals surface area (Å²) >= 11 is 0. The number of carbonyl (C=O) groups is 1. The second-order valence-electron chi connectivity index (χ2n) is 2.02. The summed E-state index contributed by atoms with van der Waals surface area (Å²) in [7, 11) is 3.81. The highest BCUT2D eigenvalue weighted by Crippen LogP contribution is 1.78. The standard InChI is InChI=1S/C5H12N2O/c1-7(2)4-3-5(6)8/h3-4H2,1-2H3,(H2,6,8). The Morgan fingerprint density at radius 2 is 2.12 bits per heavy atom. The third-order valence-corrected chi connectivity index (χ3v) is 0.805. The summed E-state index contributed by atoms with van der Waals surface area (Å²) in [4.78, 5) is 12.0. The highest BCUT2D eigenvalue weighted by molar-refractivity contribution is 5.73. The number of carbonyl (C=O) groups excluding carboxylic acids is 1. The number of rotatable bonds is 3. The molecule has 0 fully saturated rings. The zero-order chi connectivity index (χ0) is 6.57. The van der Waals surface area contributed by atoms with E-state index in [1.807, 2.05) is 19.0 Å². The molecule has 0 spiro atoms. The summed E-state index contributed by atoms with van der Waals surface area (Å²) in [6, 6.07) is 0. The van der Waals surface area contributed by atoms with Crippen LogP contribution < -0.4 is 5.73 Å². The Bertz CT molecular complexity index is 80.5. The normalized spacial score (nSPS) is 9.88. The van der Waals surface area contributed by atoms with Gasteiger partial charge in [-0.05, 0) is 14.1 Å². The maximum Gasteiger partial charge on any atom is 0.218 e. The molecule has 0 aliphatic heterocycles. The molecular weight excluding hydrogens is 104 g/mol. The van der Waals surface area contributed by atoms with Crippen molar-refractivity contribution < 1.29 is 4.79 Å². The van der Waals surface area contributed by atoms with Crippen LogP contribution in [0.3, 0.4) is 0 Å². The van der Waals surface area contributed by atoms with Crippen molar-refractivity contribution in [1.29, 1.82) is 0 Å². The highest BCUT2D eigenvalue weighted by Gasteiger charge is 1.93. The van der Waals surface area contributed by atoms with Gasteiger partial charge in [-0.2, -0.15) is 0 Å². The number of hydrogen-bond acceptors (Lipinski definition) is 2. The van der Waals surface area contributed by atoms with Crippen LogP contribution in [0.4, 0.5) is 0 Å². The minimum Gasteiger partial charge on any atom is -0.370 e. The van der Waals surface area contributed by atoms with Gasteiger partial charge < -0.3 is 10.6 Å². The summed E-state index contributed by atoms with van der Waals surface area (Å²) in [6.07, 6.45) is 0.451. The van der Waals surface area contributed by atoms with E-state index in [1.54, 1.807) is 0 Å². The predicted octanol–water partition coefficient (Wildman–Crippen LogP) is -0.577. The van der Waals surface area contributed by atoms with Gasteiger partial charge in [0.25, 0.3) is 0 Å². The lowest BCUT2D eigenvalue weighted by Crippen LogP contribution is -2.20. The summed E-state index contributed by atoms with van der Waals surface area (Å²) in [5.74, 6) is -0.237. The minimum absolute atomic E-state index is 0.237. The van der Waals surface area contributed by atoms with E-state index in [1.165, 1.54) is 0 Å². The number of nitrogens with zero attached hydrogens (tertiary/aromatic N) is 1. The Balaban J connectivity index is 3.05. The first-order chi connectivity index (χ1) is 3.63. The minimum atomic E-state index is -0.237. The smallest absolute Gasteiger partial charge is 0.218 e. The van der Waals surface area contributed by atoms with Crippen LogP contribution in [0.1, 0.15) is 6.42 Å². The fraction of sp³-hybridized carbons (Fsp3) is 0.800. The van der Waals surface area contributed by atoms with Gasteiger partial charge in [0, 0.05) is 13.0 Å². The zero-order valence-corrected chi connectivity index (χ0v) is 5.35. The summed E-state index contributed by atoms with van der Waals surface area (Å²) in [6.45, 7) is 0.745. The topological polar surface area (TPSA) is 46.3 Å². The molecule has 1 amide bonds. The molecule has 3 heteroatoms. The summed E-state index contributed by atoms with van der Waals surface area (Å²) < 4.78 is 0. The van der Waals surface area contributed by atoms with Gasteiger partial charge in [0.05, 0.1) is 0 Å². The molecule has 0 bridgehead atoms. The van der Waals surface area contributed by atoms with E-state index >= 15 is 0 Å². The molecule has 8 heavy (non-hydrogen) atoms. The maximum absolute atomic E-state index is 10.1. The third-order valence-electron chi connectivity index (χ3n) is 0.805. The van der Waals surface area contributed by atoms with E-state index in [-0.39, 0.29) is 5.91 Å². The van der Waals surface area contributed by atoms with Crippen molar-refractivity contribution in [2.24, 2.45) is 5.73 Å². The van der Waals surface area contributed by atoms with Gasteiger partial charge in [-0.1, -0.05) is 0 Å². The van der Waals surface area contributed by atoms with Gasteiger partial charge in [-0.3, -0.25) is 4.79 Å². The molecule has 0 heterocycles. The van der Waals surface area contributed by atoms with Crippen molar-refractivity contribution in [2.75, 3.05) is 20.6 Å². The fourth-order valence-electron chi connectivity index (χ4n) is 0.334. The molecule has 0 saturated heterocycles. The lowest BCUT2D eigenvalue weighted by Gasteiger charge is -2.05. The number of nitrogens with two attached hydrogens (primary N) is 1. The summed E-state index contributed by atoms with van der Waals surface area (Å²) in [5, 5.41) is 0. The molecule has 0 saturated carbocycles. The summed E-state index contributed by atoms with van der Waals surface area (Å²) in [5.41, 5.74) is 4.88. The first kappa shape index (κ1) is 7.43. The van der Waals surface area contributed by atoms with E-state index in [0.717, 1.165) is 6.54 Å². The molecule has 48 valence electrons. The molecule has 0 atom stereocenters. The average Bonchev–Trinajstić information content (AvgIpc) is 1.61. The molecule has 0 rings (SSSR count). The number of amides is 1. The van der Waals surface area contributed by atoms with E-state index in [0.29, 0.717) is 6.42 Å². The van der Waals surface area contributed by atoms with Crippen LogP contribution in [0.5, 0.6) is 0 Å². The number of primary amides is 1. The largest absolute Gasteiger partial charge is 0.370 e. The molecular formula is C5H12N2O. The van der Waals surface area contributed by atoms with Gasteiger partial charge in [-0.25, -0.2) is 0 Å². The molecule has 0 aromatic heterocycles. The third kappa shape index (κ3) is 5.43. The van der Waals surface area contributed by atoms with E-state index in [9.17, 15) is 4.79 Å². The van der Waals surface area contributed by atoms with Crippen molar-refractivity contribution in [3.63, 3.8) is 0 Å². The first-order valence-electron chi connectivity index (χ1n) is 2.56. The van der Waals surface area contributed by atoms with Crippen LogP contribution >= 0.6 is 0 Å². The van der Waals surface area contributed by atoms with Crippen LogP contribution in [-0.4, -0.2) is 31.4 Å². The van der Waals surface area contributed by atoms with E-state index in [2.05, 4.69) is 0 Å². The lowest BCUT2D eigenvalue weighted by molar-refractivity contribution is -0.118. The Morgan fingerprint density at radius 3 is 2.25 bits per heavy atom. The van der Waals surface area contributed by atoms with Crippen molar-refractivity contribution in [3.05, 3.63) is 0 Å². The molecule has 0 aromatic rings. The molecule has 0 aromatic carbocycles. The van der Waals surface area contributed by atoms with Crippen LogP contribution in [0.2, 0.25) is 0 Å². The molecule has 0 aliphatic carbocycles. The molecule has 2 N–H and O–H groups in total. The SMILES string of the molecule is CN(C)CCC(N)=O. The van der Waals surface area contributed by atoms with Gasteiger partial charge in [0.2, 0.25) is 5.91 Å². The zero-order valence-electron chi connectivity index (χ0n) is 5.35. The fourth-order valence-corrected chi connectivity index (χ4v) is 0.334. The van der Waals surface area contributed by atoms with Crippen LogP contribution in [0.15, 0.2) is 0 Å². The molecule has 0 aliphatic rings. The maximum atomic E-state index is 10.1. The van der Waals surface area contributed by atoms with E-state index < -0.39 is 0 Å². The van der Waals surface area contributed by atoms with Gasteiger partial charge >= 0.3 is 0 Å². The quantitative estimate of drug-likeness (QED) is 0.536. The second-order valence-corrected chi connectivity index (χ2v) is 2.02. The Morgan fingerprint density at radius 1 is 1.62 bits per heavy atom. The Hall–Kier alpha value is -0.570. The van der Waals surface area contributed by atoms with Gasteiger partial charge in [0.1, 0.15) is 0 Å². The first-order valence-corrected chi connectivity index (χ1v) is 2.56. The molecule has 3 nitrogen and oxygen atoms in total. The van der Waals surface area contributed by atoms with Crippen molar-refractivity contribution in [1.82, 2.24) is 4.90 Å². The number of hydrogen-bond donors (Lipinski definition) is 1. The Kier molecular flexibility index (Phi) is 3.19. The van der Waals surface area contributed by atoms with Crippen molar-refractivity contribution in [3.8, 4) is 0 Å². The Labute approximate surface area is 49.5 Å². The van der Waals surface area contributed by atoms with Crippen LogP contribution in [0.25, 0.3) is 0 Å². The predicted molar refractivity (Wildman–Crippen MR) is 32.4 cm³/mol. The van der Waals surface area contributed by atoms with Crippen molar-refractivity contribution in [2.45, 2.75) is 6.42 Å². The highest BCUT2D eigenvalue weighted by atomic mass is 16.1. The van der Waals surface area contributed by atoms with Gasteiger partial charge in [-0.15, -0.1) is 0 Å². The van der Waals surface area contributed by atoms with Gasteiger partial charge in [0.15, 0.2) is 0 Å². The van der Waals surface area contributed by atoms with Crippen LogP contribution in [-0.2, 0) is 4.79 Å². The van der Waals surface area contributed by atoms with E-state index in [4.69, 9.17) is 5.73 Å². The van der Waals surface area contributed by atoms with Crippen LogP contribution in [0, 0.1) is 0 Å². The monoisotopic (exact) mass is 116 g/mol. The lowest BCUT2D eigenvalue weighted by atomic mass is 10.4. The second kappa shape index (κ2) is 3.43. The average molecular weight is 116 g/mol.